The van der Waals surface area contributed by atoms with Crippen molar-refractivity contribution >= 4 is 5.91 Å². The van der Waals surface area contributed by atoms with Gasteiger partial charge >= 0.3 is 0 Å². The smallest absolute Gasteiger partial charge is 0.269 e. The number of fused-ring (bicyclic) bond motifs is 1. The van der Waals surface area contributed by atoms with Gasteiger partial charge in [0.05, 0.1) is 0 Å². The second kappa shape index (κ2) is 4.02. The van der Waals surface area contributed by atoms with E-state index in [4.69, 9.17) is 5.73 Å². The number of carbonyl (C=O) groups excluding carboxylic acids is 1. The van der Waals surface area contributed by atoms with Crippen LogP contribution >= 0.6 is 0 Å². The lowest BCUT2D eigenvalue weighted by atomic mass is 10.1. The van der Waals surface area contributed by atoms with Gasteiger partial charge in [-0.3, -0.25) is 9.48 Å². The molecule has 15 heavy (non-hydrogen) atoms. The van der Waals surface area contributed by atoms with E-state index in [1.165, 1.54) is 5.69 Å². The summed E-state index contributed by atoms with van der Waals surface area (Å²) in [6.45, 7) is 4.60. The molecule has 5 nitrogen and oxygen atoms in total. The van der Waals surface area contributed by atoms with Crippen LogP contribution in [-0.2, 0) is 19.5 Å². The first kappa shape index (κ1) is 10.2. The summed E-state index contributed by atoms with van der Waals surface area (Å²) in [6, 6.07) is 0. The number of primary amides is 1. The van der Waals surface area contributed by atoms with E-state index in [1.807, 2.05) is 4.68 Å². The first-order chi connectivity index (χ1) is 7.24. The third-order valence-corrected chi connectivity index (χ3v) is 2.68. The van der Waals surface area contributed by atoms with Gasteiger partial charge in [-0.05, 0) is 6.42 Å². The fourth-order valence-corrected chi connectivity index (χ4v) is 2.01. The topological polar surface area (TPSA) is 72.9 Å². The Kier molecular flexibility index (Phi) is 2.73. The third-order valence-electron chi connectivity index (χ3n) is 2.68. The number of nitrogens with two attached hydrogens (primary N) is 1. The van der Waals surface area contributed by atoms with Crippen LogP contribution in [0.4, 0.5) is 0 Å². The van der Waals surface area contributed by atoms with Crippen LogP contribution in [0.25, 0.3) is 0 Å². The highest BCUT2D eigenvalue weighted by atomic mass is 16.1. The van der Waals surface area contributed by atoms with Crippen LogP contribution in [0.1, 0.15) is 35.1 Å². The van der Waals surface area contributed by atoms with Crippen molar-refractivity contribution in [1.29, 1.82) is 0 Å². The summed E-state index contributed by atoms with van der Waals surface area (Å²) in [5.41, 5.74) is 7.90. The van der Waals surface area contributed by atoms with Gasteiger partial charge < -0.3 is 11.1 Å². The molecule has 0 atom stereocenters. The second-order valence-corrected chi connectivity index (χ2v) is 3.79. The SMILES string of the molecule is CCCn1nc(C(N)=O)c2c1CCNC2. The number of hydrogen-bond acceptors (Lipinski definition) is 3. The van der Waals surface area contributed by atoms with Crippen molar-refractivity contribution in [2.75, 3.05) is 6.54 Å². The normalized spacial score (nSPS) is 15.0. The lowest BCUT2D eigenvalue weighted by Gasteiger charge is -2.14. The molecular formula is C10H16N4O. The molecule has 0 aromatic carbocycles. The summed E-state index contributed by atoms with van der Waals surface area (Å²) in [5, 5.41) is 7.51. The summed E-state index contributed by atoms with van der Waals surface area (Å²) in [6.07, 6.45) is 1.94. The van der Waals surface area contributed by atoms with Gasteiger partial charge in [0.25, 0.3) is 5.91 Å². The minimum absolute atomic E-state index is 0.426. The first-order valence-electron chi connectivity index (χ1n) is 5.33. The predicted octanol–water partition coefficient (Wildman–Crippen LogP) is 0.0377. The van der Waals surface area contributed by atoms with Crippen LogP contribution in [0.15, 0.2) is 0 Å². The zero-order valence-corrected chi connectivity index (χ0v) is 8.92. The van der Waals surface area contributed by atoms with Gasteiger partial charge in [0.15, 0.2) is 5.69 Å². The highest BCUT2D eigenvalue weighted by molar-refractivity contribution is 5.92. The fraction of sp³-hybridized carbons (Fsp3) is 0.600. The Bertz CT molecular complexity index is 383. The average molecular weight is 208 g/mol. The zero-order valence-electron chi connectivity index (χ0n) is 8.92. The maximum absolute atomic E-state index is 11.2. The van der Waals surface area contributed by atoms with Crippen molar-refractivity contribution in [3.8, 4) is 0 Å². The van der Waals surface area contributed by atoms with E-state index in [9.17, 15) is 4.79 Å². The molecule has 1 aromatic rings. The lowest BCUT2D eigenvalue weighted by Crippen LogP contribution is -2.26. The van der Waals surface area contributed by atoms with Crippen molar-refractivity contribution in [3.63, 3.8) is 0 Å². The molecule has 1 aliphatic heterocycles. The minimum Gasteiger partial charge on any atom is -0.364 e. The number of hydrogen-bond donors (Lipinski definition) is 2. The van der Waals surface area contributed by atoms with Gasteiger partial charge in [0, 0.05) is 37.3 Å². The average Bonchev–Trinajstić information content (AvgIpc) is 2.59. The van der Waals surface area contributed by atoms with Gasteiger partial charge in [-0.15, -0.1) is 0 Å². The van der Waals surface area contributed by atoms with Crippen LogP contribution in [0, 0.1) is 0 Å². The molecule has 82 valence electrons. The highest BCUT2D eigenvalue weighted by Crippen LogP contribution is 2.18. The first-order valence-corrected chi connectivity index (χ1v) is 5.33. The molecule has 0 saturated carbocycles. The van der Waals surface area contributed by atoms with E-state index >= 15 is 0 Å². The second-order valence-electron chi connectivity index (χ2n) is 3.79. The fourth-order valence-electron chi connectivity index (χ4n) is 2.01. The van der Waals surface area contributed by atoms with Crippen LogP contribution in [-0.4, -0.2) is 22.2 Å². The molecule has 2 rings (SSSR count). The Morgan fingerprint density at radius 1 is 1.67 bits per heavy atom. The van der Waals surface area contributed by atoms with Gasteiger partial charge in [0.2, 0.25) is 0 Å². The third kappa shape index (κ3) is 1.74. The highest BCUT2D eigenvalue weighted by Gasteiger charge is 2.22. The summed E-state index contributed by atoms with van der Waals surface area (Å²) < 4.78 is 1.93. The molecule has 1 aromatic heterocycles. The molecule has 2 heterocycles. The number of rotatable bonds is 3. The molecule has 0 unspecified atom stereocenters. The molecule has 0 fully saturated rings. The zero-order chi connectivity index (χ0) is 10.8. The molecular weight excluding hydrogens is 192 g/mol. The number of nitrogens with one attached hydrogen (secondary N) is 1. The molecule has 0 saturated heterocycles. The van der Waals surface area contributed by atoms with Crippen molar-refractivity contribution in [2.24, 2.45) is 5.73 Å². The van der Waals surface area contributed by atoms with E-state index in [1.54, 1.807) is 0 Å². The Morgan fingerprint density at radius 2 is 2.47 bits per heavy atom. The van der Waals surface area contributed by atoms with E-state index in [0.29, 0.717) is 12.2 Å². The quantitative estimate of drug-likeness (QED) is 0.736. The molecule has 0 aliphatic carbocycles. The molecule has 5 heteroatoms. The van der Waals surface area contributed by atoms with Crippen LogP contribution < -0.4 is 11.1 Å². The van der Waals surface area contributed by atoms with E-state index in [-0.39, 0.29) is 0 Å². The number of aromatic nitrogens is 2. The molecule has 1 amide bonds. The van der Waals surface area contributed by atoms with E-state index < -0.39 is 5.91 Å². The molecule has 0 radical (unpaired) electrons. The van der Waals surface area contributed by atoms with Gasteiger partial charge in [-0.1, -0.05) is 6.92 Å². The van der Waals surface area contributed by atoms with Crippen molar-refractivity contribution < 1.29 is 4.79 Å². The Morgan fingerprint density at radius 3 is 3.13 bits per heavy atom. The molecule has 0 spiro atoms. The molecule has 0 bridgehead atoms. The van der Waals surface area contributed by atoms with E-state index in [0.717, 1.165) is 31.5 Å². The van der Waals surface area contributed by atoms with Gasteiger partial charge in [-0.2, -0.15) is 5.10 Å². The Labute approximate surface area is 88.6 Å². The number of aryl methyl sites for hydroxylation is 1. The number of nitrogens with zero attached hydrogens (tertiary/aromatic N) is 2. The Balaban J connectivity index is 2.44. The minimum atomic E-state index is -0.426. The maximum atomic E-state index is 11.2. The summed E-state index contributed by atoms with van der Waals surface area (Å²) in [4.78, 5) is 11.2. The summed E-state index contributed by atoms with van der Waals surface area (Å²) in [7, 11) is 0. The monoisotopic (exact) mass is 208 g/mol. The van der Waals surface area contributed by atoms with Gasteiger partial charge in [0.1, 0.15) is 0 Å². The van der Waals surface area contributed by atoms with Crippen molar-refractivity contribution in [3.05, 3.63) is 17.0 Å². The van der Waals surface area contributed by atoms with Gasteiger partial charge in [-0.25, -0.2) is 0 Å². The number of carbonyl (C=O) groups is 1. The lowest BCUT2D eigenvalue weighted by molar-refractivity contribution is 0.0993. The maximum Gasteiger partial charge on any atom is 0.269 e. The van der Waals surface area contributed by atoms with Crippen LogP contribution in [0.3, 0.4) is 0 Å². The predicted molar refractivity (Wildman–Crippen MR) is 56.4 cm³/mol. The van der Waals surface area contributed by atoms with Crippen LogP contribution in [0.2, 0.25) is 0 Å². The molecule has 1 aliphatic rings. The van der Waals surface area contributed by atoms with Crippen molar-refractivity contribution in [1.82, 2.24) is 15.1 Å². The largest absolute Gasteiger partial charge is 0.364 e. The molecule has 3 N–H and O–H groups in total. The van der Waals surface area contributed by atoms with Crippen molar-refractivity contribution in [2.45, 2.75) is 32.9 Å². The number of amides is 1. The van der Waals surface area contributed by atoms with Crippen LogP contribution in [0.5, 0.6) is 0 Å². The Hall–Kier alpha value is -1.36. The summed E-state index contributed by atoms with van der Waals surface area (Å²) in [5.74, 6) is -0.426. The standard InChI is InChI=1S/C10H16N4O/c1-2-5-14-8-3-4-12-6-7(8)9(13-14)10(11)15/h12H,2-6H2,1H3,(H2,11,15). The summed E-state index contributed by atoms with van der Waals surface area (Å²) >= 11 is 0. The van der Waals surface area contributed by atoms with E-state index in [2.05, 4.69) is 17.3 Å².